The first kappa shape index (κ1) is 21.2. The highest BCUT2D eigenvalue weighted by molar-refractivity contribution is 6.30. The normalized spacial score (nSPS) is 19.0. The lowest BCUT2D eigenvalue weighted by Crippen LogP contribution is -2.36. The minimum atomic E-state index is -0.671. The monoisotopic (exact) mass is 446 g/mol. The van der Waals surface area contributed by atoms with Gasteiger partial charge in [0.25, 0.3) is 5.91 Å². The van der Waals surface area contributed by atoms with Gasteiger partial charge in [0.2, 0.25) is 0 Å². The third-order valence-corrected chi connectivity index (χ3v) is 5.35. The Labute approximate surface area is 181 Å². The molecule has 31 heavy (non-hydrogen) atoms. The van der Waals surface area contributed by atoms with Crippen LogP contribution in [0.3, 0.4) is 0 Å². The van der Waals surface area contributed by atoms with E-state index in [0.717, 1.165) is 0 Å². The summed E-state index contributed by atoms with van der Waals surface area (Å²) in [4.78, 5) is 26.4. The molecule has 1 fully saturated rings. The molecule has 0 aliphatic carbocycles. The van der Waals surface area contributed by atoms with Crippen molar-refractivity contribution in [2.24, 2.45) is 5.92 Å². The second kappa shape index (κ2) is 9.42. The fourth-order valence-electron chi connectivity index (χ4n) is 3.51. The van der Waals surface area contributed by atoms with E-state index in [2.05, 4.69) is 25.3 Å². The highest BCUT2D eigenvalue weighted by atomic mass is 35.5. The number of aromatic nitrogens is 2. The van der Waals surface area contributed by atoms with Gasteiger partial charge in [0.1, 0.15) is 5.82 Å². The maximum absolute atomic E-state index is 14.0. The SMILES string of the molecule is O=C(NC[C@@H]1CNCCO[C@H]1c1ccc(Cl)c(F)c1)c1cccc(-c2noc(=O)[nH]2)c1. The number of amides is 1. The molecule has 1 amide bonds. The van der Waals surface area contributed by atoms with Crippen molar-refractivity contribution in [2.75, 3.05) is 26.2 Å². The Balaban J connectivity index is 1.48. The zero-order valence-corrected chi connectivity index (χ0v) is 17.1. The molecule has 1 aliphatic rings. The largest absolute Gasteiger partial charge is 0.439 e. The number of nitrogens with one attached hydrogen (secondary N) is 3. The number of carbonyl (C=O) groups excluding carboxylic acids is 1. The van der Waals surface area contributed by atoms with Crippen LogP contribution in [0, 0.1) is 11.7 Å². The maximum atomic E-state index is 14.0. The Hall–Kier alpha value is -3.01. The molecule has 162 valence electrons. The number of hydrogen-bond donors (Lipinski definition) is 3. The van der Waals surface area contributed by atoms with E-state index in [-0.39, 0.29) is 22.7 Å². The Bertz CT molecular complexity index is 1130. The lowest BCUT2D eigenvalue weighted by atomic mass is 9.95. The molecule has 1 saturated heterocycles. The predicted molar refractivity (Wildman–Crippen MR) is 111 cm³/mol. The van der Waals surface area contributed by atoms with E-state index in [1.165, 1.54) is 12.1 Å². The van der Waals surface area contributed by atoms with Gasteiger partial charge in [-0.25, -0.2) is 9.18 Å². The molecule has 4 rings (SSSR count). The van der Waals surface area contributed by atoms with Crippen molar-refractivity contribution in [3.63, 3.8) is 0 Å². The van der Waals surface area contributed by atoms with Gasteiger partial charge < -0.3 is 15.4 Å². The summed E-state index contributed by atoms with van der Waals surface area (Å²) in [6.07, 6.45) is -0.395. The molecule has 2 atom stereocenters. The Kier molecular flexibility index (Phi) is 6.45. The molecule has 3 aromatic rings. The highest BCUT2D eigenvalue weighted by Crippen LogP contribution is 2.29. The third kappa shape index (κ3) is 5.01. The van der Waals surface area contributed by atoms with E-state index in [1.54, 1.807) is 30.3 Å². The molecule has 0 bridgehead atoms. The van der Waals surface area contributed by atoms with Gasteiger partial charge in [0.15, 0.2) is 5.82 Å². The summed E-state index contributed by atoms with van der Waals surface area (Å²) < 4.78 is 24.4. The average Bonchev–Trinajstić information content (AvgIpc) is 3.07. The van der Waals surface area contributed by atoms with Crippen LogP contribution in [-0.4, -0.2) is 42.3 Å². The Morgan fingerprint density at radius 3 is 2.94 bits per heavy atom. The van der Waals surface area contributed by atoms with E-state index in [4.69, 9.17) is 16.3 Å². The molecule has 2 aromatic carbocycles. The zero-order valence-electron chi connectivity index (χ0n) is 16.4. The topological polar surface area (TPSA) is 109 Å². The number of ether oxygens (including phenoxy) is 1. The molecule has 2 heterocycles. The first-order valence-corrected chi connectivity index (χ1v) is 10.1. The van der Waals surface area contributed by atoms with E-state index in [0.29, 0.717) is 42.9 Å². The van der Waals surface area contributed by atoms with Crippen molar-refractivity contribution in [1.82, 2.24) is 20.8 Å². The van der Waals surface area contributed by atoms with Crippen LogP contribution >= 0.6 is 11.6 Å². The number of halogens is 2. The van der Waals surface area contributed by atoms with Gasteiger partial charge in [-0.1, -0.05) is 35.0 Å². The van der Waals surface area contributed by atoms with E-state index in [9.17, 15) is 14.0 Å². The number of benzene rings is 2. The minimum Gasteiger partial charge on any atom is -0.372 e. The number of aromatic amines is 1. The summed E-state index contributed by atoms with van der Waals surface area (Å²) in [7, 11) is 0. The number of rotatable bonds is 5. The van der Waals surface area contributed by atoms with Crippen molar-refractivity contribution in [3.05, 3.63) is 75.0 Å². The zero-order chi connectivity index (χ0) is 21.8. The van der Waals surface area contributed by atoms with Crippen molar-refractivity contribution in [2.45, 2.75) is 6.10 Å². The first-order chi connectivity index (χ1) is 15.0. The van der Waals surface area contributed by atoms with Crippen molar-refractivity contribution >= 4 is 17.5 Å². The molecule has 3 N–H and O–H groups in total. The fraction of sp³-hybridized carbons (Fsp3) is 0.286. The summed E-state index contributed by atoms with van der Waals surface area (Å²) in [5.41, 5.74) is 1.62. The molecule has 1 aromatic heterocycles. The van der Waals surface area contributed by atoms with Crippen molar-refractivity contribution in [3.8, 4) is 11.4 Å². The smallest absolute Gasteiger partial charge is 0.372 e. The summed E-state index contributed by atoms with van der Waals surface area (Å²) in [5.74, 6) is -1.35. The lowest BCUT2D eigenvalue weighted by Gasteiger charge is -2.25. The number of H-pyrrole nitrogens is 1. The van der Waals surface area contributed by atoms with Crippen LogP contribution in [0.1, 0.15) is 22.0 Å². The van der Waals surface area contributed by atoms with Gasteiger partial charge >= 0.3 is 5.76 Å². The molecule has 10 heteroatoms. The van der Waals surface area contributed by atoms with Crippen LogP contribution < -0.4 is 16.4 Å². The minimum absolute atomic E-state index is 0.0497. The second-order valence-corrected chi connectivity index (χ2v) is 7.57. The second-order valence-electron chi connectivity index (χ2n) is 7.16. The summed E-state index contributed by atoms with van der Waals surface area (Å²) in [5, 5.41) is 9.87. The van der Waals surface area contributed by atoms with Gasteiger partial charge in [-0.15, -0.1) is 0 Å². The quantitative estimate of drug-likeness (QED) is 0.555. The number of carbonyl (C=O) groups is 1. The fourth-order valence-corrected chi connectivity index (χ4v) is 3.63. The van der Waals surface area contributed by atoms with E-state index in [1.807, 2.05) is 0 Å². The average molecular weight is 447 g/mol. The third-order valence-electron chi connectivity index (χ3n) is 5.05. The molecule has 1 aliphatic heterocycles. The number of hydrogen-bond acceptors (Lipinski definition) is 6. The summed E-state index contributed by atoms with van der Waals surface area (Å²) >= 11 is 5.80. The van der Waals surface area contributed by atoms with E-state index >= 15 is 0 Å². The summed E-state index contributed by atoms with van der Waals surface area (Å²) in [6.45, 7) is 2.04. The molecular formula is C21H20ClFN4O4. The molecule has 0 spiro atoms. The van der Waals surface area contributed by atoms with Crippen LogP contribution in [-0.2, 0) is 4.74 Å². The van der Waals surface area contributed by atoms with Crippen molar-refractivity contribution < 1.29 is 18.4 Å². The number of nitrogens with zero attached hydrogens (tertiary/aromatic N) is 1. The lowest BCUT2D eigenvalue weighted by molar-refractivity contribution is 0.0304. The first-order valence-electron chi connectivity index (χ1n) is 9.73. The van der Waals surface area contributed by atoms with Gasteiger partial charge in [-0.3, -0.25) is 14.3 Å². The standard InChI is InChI=1S/C21H20ClFN4O4/c22-16-5-4-12(9-17(16)23)18-15(10-24-6-7-30-18)11-25-20(28)14-3-1-2-13(8-14)19-26-21(29)31-27-19/h1-5,8-9,15,18,24H,6-7,10-11H2,(H,25,28)(H,26,27,29)/t15-,18-/m0/s1. The molecule has 0 saturated carbocycles. The highest BCUT2D eigenvalue weighted by Gasteiger charge is 2.27. The van der Waals surface area contributed by atoms with Gasteiger partial charge in [0.05, 0.1) is 17.7 Å². The van der Waals surface area contributed by atoms with Crippen LogP contribution in [0.2, 0.25) is 5.02 Å². The molecule has 0 radical (unpaired) electrons. The molecule has 8 nitrogen and oxygen atoms in total. The molecule has 0 unspecified atom stereocenters. The van der Waals surface area contributed by atoms with Crippen molar-refractivity contribution in [1.29, 1.82) is 0 Å². The van der Waals surface area contributed by atoms with Crippen LogP contribution in [0.4, 0.5) is 4.39 Å². The van der Waals surface area contributed by atoms with Crippen LogP contribution in [0.15, 0.2) is 51.8 Å². The van der Waals surface area contributed by atoms with Gasteiger partial charge in [-0.05, 0) is 29.8 Å². The Morgan fingerprint density at radius 1 is 1.29 bits per heavy atom. The maximum Gasteiger partial charge on any atom is 0.439 e. The van der Waals surface area contributed by atoms with Crippen LogP contribution in [0.5, 0.6) is 0 Å². The molecular weight excluding hydrogens is 427 g/mol. The van der Waals surface area contributed by atoms with Crippen LogP contribution in [0.25, 0.3) is 11.4 Å². The summed E-state index contributed by atoms with van der Waals surface area (Å²) in [6, 6.07) is 11.3. The van der Waals surface area contributed by atoms with Gasteiger partial charge in [-0.2, -0.15) is 0 Å². The predicted octanol–water partition coefficient (Wildman–Crippen LogP) is 2.53. The van der Waals surface area contributed by atoms with Gasteiger partial charge in [0, 0.05) is 36.7 Å². The Morgan fingerprint density at radius 2 is 2.16 bits per heavy atom. The van der Waals surface area contributed by atoms with E-state index < -0.39 is 17.7 Å².